The second-order valence-electron chi connectivity index (χ2n) is 35.5. The first-order valence-corrected chi connectivity index (χ1v) is 40.6. The van der Waals surface area contributed by atoms with E-state index in [4.69, 9.17) is 8.22 Å². The van der Waals surface area contributed by atoms with Crippen LogP contribution in [-0.4, -0.2) is 115 Å². The fourth-order valence-electron chi connectivity index (χ4n) is 19.9. The fourth-order valence-corrected chi connectivity index (χ4v) is 19.9. The van der Waals surface area contributed by atoms with Gasteiger partial charge in [-0.25, -0.2) is 0 Å². The van der Waals surface area contributed by atoms with Gasteiger partial charge in [0, 0.05) is 199 Å². The SMILES string of the molecule is Cc1ccc2c(c1N1C=CN(C)[C@@H]1C)C(C)(C)c1cccnc1-2.Cc1ccc2c(c1N1C=CN(C)[C@@H]1C)C(C)(C)c1ccncc1-2.Cc1ccc2c(c1N1C=CN(C)[C@@H]1C)C(C)(C)c1cnccc1-2.[2H]C([2H])([2H])N1C=CN(c2c(C)ccc3c2C(C)(C)c2cccnc2-3)[C@H]1C.[2H]C([2H])([2H])N1C=CN(c2c(C)ccc3c2C(C)(C)c2cnccc2-3)[C@H]1C. The maximum atomic E-state index is 7.78. The number of rotatable bonds is 5. The van der Waals surface area contributed by atoms with Gasteiger partial charge in [0.15, 0.2) is 0 Å². The van der Waals surface area contributed by atoms with Crippen molar-refractivity contribution in [3.05, 3.63) is 298 Å². The molecule has 5 aromatic heterocycles. The van der Waals surface area contributed by atoms with Gasteiger partial charge in [-0.1, -0.05) is 142 Å². The summed E-state index contributed by atoms with van der Waals surface area (Å²) in [6.07, 6.45) is 36.0. The van der Waals surface area contributed by atoms with Crippen molar-refractivity contribution in [1.82, 2.24) is 49.4 Å². The monoisotopic (exact) mass is 1530 g/mol. The van der Waals surface area contributed by atoms with Crippen LogP contribution in [0.15, 0.2) is 215 Å². The molecule has 5 atom stereocenters. The van der Waals surface area contributed by atoms with Gasteiger partial charge in [0.25, 0.3) is 0 Å². The number of fused-ring (bicyclic) bond motifs is 15. The van der Waals surface area contributed by atoms with Crippen LogP contribution in [0.2, 0.25) is 0 Å². The third kappa shape index (κ3) is 12.0. The molecule has 15 nitrogen and oxygen atoms in total. The Morgan fingerprint density at radius 3 is 0.852 bits per heavy atom. The average molecular weight is 1530 g/mol. The molecule has 10 heterocycles. The molecule has 0 amide bonds. The van der Waals surface area contributed by atoms with Crippen LogP contribution in [0, 0.1) is 34.6 Å². The molecule has 10 aliphatic rings. The van der Waals surface area contributed by atoms with Crippen LogP contribution in [0.3, 0.4) is 0 Å². The van der Waals surface area contributed by atoms with Gasteiger partial charge in [-0.3, -0.25) is 24.9 Å². The number of hydrogen-bond donors (Lipinski definition) is 0. The fraction of sp³-hybridized carbons (Fsp3) is 0.350. The highest BCUT2D eigenvalue weighted by Crippen LogP contribution is 2.59. The number of nitrogens with zero attached hydrogens (tertiary/aromatic N) is 15. The Bertz CT molecular complexity index is 5480. The van der Waals surface area contributed by atoms with Crippen molar-refractivity contribution in [2.45, 2.75) is 196 Å². The number of aromatic nitrogens is 5. The highest BCUT2D eigenvalue weighted by atomic mass is 15.4. The van der Waals surface area contributed by atoms with Crippen molar-refractivity contribution in [2.75, 3.05) is 59.6 Å². The second kappa shape index (κ2) is 28.2. The lowest BCUT2D eigenvalue weighted by Crippen LogP contribution is -2.35. The number of hydrogen-bond acceptors (Lipinski definition) is 15. The van der Waals surface area contributed by atoms with Crippen LogP contribution >= 0.6 is 0 Å². The summed E-state index contributed by atoms with van der Waals surface area (Å²) in [7, 11) is 6.38. The summed E-state index contributed by atoms with van der Waals surface area (Å²) in [5.74, 6) is 0. The first-order valence-electron chi connectivity index (χ1n) is 43.6. The minimum Gasteiger partial charge on any atom is -0.359 e. The van der Waals surface area contributed by atoms with Crippen molar-refractivity contribution in [3.8, 4) is 55.9 Å². The van der Waals surface area contributed by atoms with Gasteiger partial charge in [0.05, 0.1) is 39.8 Å². The van der Waals surface area contributed by atoms with E-state index in [0.29, 0.717) is 18.5 Å². The average Bonchev–Trinajstić information content (AvgIpc) is 1.59. The lowest BCUT2D eigenvalue weighted by atomic mass is 9.80. The quantitative estimate of drug-likeness (QED) is 0.163. The van der Waals surface area contributed by atoms with Crippen molar-refractivity contribution < 1.29 is 8.22 Å². The summed E-state index contributed by atoms with van der Waals surface area (Å²) in [5, 5.41) is 0. The largest absolute Gasteiger partial charge is 0.359 e. The number of aryl methyl sites for hydroxylation is 5. The Kier molecular flexibility index (Phi) is 17.2. The van der Waals surface area contributed by atoms with E-state index in [1.54, 1.807) is 12.4 Å². The van der Waals surface area contributed by atoms with E-state index < -0.39 is 14.0 Å². The highest BCUT2D eigenvalue weighted by Gasteiger charge is 2.47. The van der Waals surface area contributed by atoms with E-state index in [9.17, 15) is 0 Å². The van der Waals surface area contributed by atoms with E-state index in [-0.39, 0.29) is 39.4 Å². The minimum atomic E-state index is -2.16. The second-order valence-corrected chi connectivity index (χ2v) is 35.5. The molecule has 0 radical (unpaired) electrons. The molecule has 20 rings (SSSR count). The topological polar surface area (TPSA) is 96.8 Å². The summed E-state index contributed by atoms with van der Waals surface area (Å²) in [4.78, 5) is 43.3. The van der Waals surface area contributed by atoms with Gasteiger partial charge in [0.2, 0.25) is 0 Å². The molecule has 0 bridgehead atoms. The molecule has 0 saturated heterocycles. The summed E-state index contributed by atoms with van der Waals surface area (Å²) < 4.78 is 46.6. The maximum Gasteiger partial charge on any atom is 0.102 e. The molecular formula is C100H115N15. The Morgan fingerprint density at radius 1 is 0.270 bits per heavy atom. The van der Waals surface area contributed by atoms with E-state index in [1.807, 2.05) is 88.0 Å². The predicted octanol–water partition coefficient (Wildman–Crippen LogP) is 21.3. The van der Waals surface area contributed by atoms with Gasteiger partial charge in [-0.05, 0) is 211 Å². The Labute approximate surface area is 692 Å². The molecule has 0 saturated carbocycles. The molecule has 590 valence electrons. The summed E-state index contributed by atoms with van der Waals surface area (Å²) in [6.45, 7) is 39.9. The molecule has 0 fully saturated rings. The van der Waals surface area contributed by atoms with Crippen LogP contribution in [0.4, 0.5) is 28.4 Å². The van der Waals surface area contributed by atoms with Crippen LogP contribution < -0.4 is 24.5 Å². The number of anilines is 5. The maximum absolute atomic E-state index is 7.78. The van der Waals surface area contributed by atoms with Crippen molar-refractivity contribution in [2.24, 2.45) is 0 Å². The first kappa shape index (κ1) is 70.2. The first-order chi connectivity index (χ1) is 57.1. The van der Waals surface area contributed by atoms with E-state index in [1.165, 1.54) is 138 Å². The summed E-state index contributed by atoms with van der Waals surface area (Å²) >= 11 is 0. The third-order valence-corrected chi connectivity index (χ3v) is 26.9. The normalized spacial score (nSPS) is 21.8. The van der Waals surface area contributed by atoms with E-state index in [0.717, 1.165) is 39.5 Å². The van der Waals surface area contributed by atoms with Crippen molar-refractivity contribution >= 4 is 28.4 Å². The molecule has 5 aliphatic carbocycles. The zero-order chi connectivity index (χ0) is 86.8. The zero-order valence-electron chi connectivity index (χ0n) is 77.3. The van der Waals surface area contributed by atoms with Gasteiger partial charge in [0.1, 0.15) is 30.8 Å². The molecular weight excluding hydrogens is 1410 g/mol. The molecule has 5 aliphatic heterocycles. The van der Waals surface area contributed by atoms with E-state index in [2.05, 4.69) is 338 Å². The Hall–Kier alpha value is -11.5. The van der Waals surface area contributed by atoms with Crippen molar-refractivity contribution in [3.63, 3.8) is 0 Å². The molecule has 0 N–H and O–H groups in total. The molecule has 0 spiro atoms. The van der Waals surface area contributed by atoms with Gasteiger partial charge in [-0.15, -0.1) is 0 Å². The van der Waals surface area contributed by atoms with Crippen LogP contribution in [0.25, 0.3) is 55.9 Å². The Balaban J connectivity index is 0.000000113. The molecule has 10 aromatic rings. The van der Waals surface area contributed by atoms with Crippen LogP contribution in [-0.2, 0) is 27.1 Å². The third-order valence-electron chi connectivity index (χ3n) is 26.9. The zero-order valence-corrected chi connectivity index (χ0v) is 71.3. The lowest BCUT2D eigenvalue weighted by Gasteiger charge is -2.33. The summed E-state index contributed by atoms with van der Waals surface area (Å²) in [6, 6.07) is 36.8. The lowest BCUT2D eigenvalue weighted by molar-refractivity contribution is 0.382. The van der Waals surface area contributed by atoms with Crippen LogP contribution in [0.5, 0.6) is 0 Å². The highest BCUT2D eigenvalue weighted by molar-refractivity contribution is 5.92. The van der Waals surface area contributed by atoms with Gasteiger partial charge >= 0.3 is 0 Å². The van der Waals surface area contributed by atoms with Crippen LogP contribution in [0.1, 0.15) is 196 Å². The molecule has 15 heteroatoms. The standard InChI is InChI=1S/5C20H23N3/c2*1-13-6-7-16-15-8-9-21-12-17(15)20(3,4)18(16)19(13)23-11-10-22(5)14(23)2;1-13-6-7-15-16-12-21-9-8-17(16)20(3,4)18(15)19(13)23-11-10-22(5)14(23)2;2*1-13-8-9-15-17(19(13)23-12-11-22(5)14(23)2)20(3,4)16-7-6-10-21-18(15)16/h5*6-12,14H,1-5H3/t5*14-/m00000/s1/i5D3;;;5D3;. The number of pyridine rings is 5. The Morgan fingerprint density at radius 2 is 0.539 bits per heavy atom. The van der Waals surface area contributed by atoms with Crippen molar-refractivity contribution in [1.29, 1.82) is 0 Å². The molecule has 115 heavy (non-hydrogen) atoms. The minimum absolute atomic E-state index is 0.0102. The molecule has 5 aromatic carbocycles. The molecule has 0 unspecified atom stereocenters. The van der Waals surface area contributed by atoms with E-state index >= 15 is 0 Å². The predicted molar refractivity (Wildman–Crippen MR) is 477 cm³/mol. The van der Waals surface area contributed by atoms with Gasteiger partial charge in [-0.2, -0.15) is 0 Å². The number of benzene rings is 5. The summed E-state index contributed by atoms with van der Waals surface area (Å²) in [5.41, 5.74) is 37.4. The smallest absolute Gasteiger partial charge is 0.102 e. The van der Waals surface area contributed by atoms with Gasteiger partial charge < -0.3 is 49.0 Å².